The molecule has 2 aromatic carbocycles. The zero-order valence-electron chi connectivity index (χ0n) is 16.2. The highest BCUT2D eigenvalue weighted by atomic mass is 16.5. The first-order valence-electron chi connectivity index (χ1n) is 9.34. The van der Waals surface area contributed by atoms with Gasteiger partial charge in [0.2, 0.25) is 0 Å². The molecular weight excluding hydrogens is 332 g/mol. The summed E-state index contributed by atoms with van der Waals surface area (Å²) in [5, 5.41) is 1.19. The van der Waals surface area contributed by atoms with Crippen molar-refractivity contribution in [2.45, 2.75) is 33.8 Å². The number of benzene rings is 2. The Morgan fingerprint density at radius 2 is 1.63 bits per heavy atom. The van der Waals surface area contributed by atoms with E-state index in [0.717, 1.165) is 22.6 Å². The van der Waals surface area contributed by atoms with Gasteiger partial charge in [0.15, 0.2) is 0 Å². The van der Waals surface area contributed by atoms with Crippen LogP contribution in [0.15, 0.2) is 67.0 Å². The van der Waals surface area contributed by atoms with E-state index < -0.39 is 0 Å². The Bertz CT molecular complexity index is 1070. The van der Waals surface area contributed by atoms with Gasteiger partial charge in [-0.15, -0.1) is 0 Å². The number of ether oxygens (including phenoxy) is 1. The largest absolute Gasteiger partial charge is 0.491 e. The number of nitrogens with zero attached hydrogens (tertiary/aromatic N) is 2. The average Bonchev–Trinajstić information content (AvgIpc) is 3.05. The van der Waals surface area contributed by atoms with E-state index in [9.17, 15) is 0 Å². The Labute approximate surface area is 160 Å². The van der Waals surface area contributed by atoms with Crippen molar-refractivity contribution in [1.82, 2.24) is 9.55 Å². The third-order valence-electron chi connectivity index (χ3n) is 4.80. The minimum absolute atomic E-state index is 0.177. The van der Waals surface area contributed by atoms with Gasteiger partial charge < -0.3 is 9.30 Å². The highest BCUT2D eigenvalue weighted by Gasteiger charge is 2.10. The maximum Gasteiger partial charge on any atom is 0.119 e. The highest BCUT2D eigenvalue weighted by molar-refractivity contribution is 5.85. The summed E-state index contributed by atoms with van der Waals surface area (Å²) in [6.07, 6.45) is 4.24. The fourth-order valence-electron chi connectivity index (χ4n) is 3.57. The molecule has 2 heterocycles. The molecule has 136 valence electrons. The molecule has 4 rings (SSSR count). The second-order valence-electron chi connectivity index (χ2n) is 7.24. The first-order chi connectivity index (χ1) is 13.0. The van der Waals surface area contributed by atoms with Gasteiger partial charge in [0.1, 0.15) is 5.75 Å². The molecule has 0 amide bonds. The topological polar surface area (TPSA) is 27.1 Å². The van der Waals surface area contributed by atoms with Gasteiger partial charge >= 0.3 is 0 Å². The molecule has 0 aliphatic heterocycles. The van der Waals surface area contributed by atoms with Gasteiger partial charge in [0, 0.05) is 22.8 Å². The van der Waals surface area contributed by atoms with E-state index in [-0.39, 0.29) is 6.10 Å². The van der Waals surface area contributed by atoms with E-state index in [1.165, 1.54) is 22.1 Å². The number of rotatable bonds is 4. The van der Waals surface area contributed by atoms with E-state index in [1.54, 1.807) is 0 Å². The fourth-order valence-corrected chi connectivity index (χ4v) is 3.57. The molecule has 0 bridgehead atoms. The van der Waals surface area contributed by atoms with Crippen LogP contribution < -0.4 is 4.74 Å². The van der Waals surface area contributed by atoms with Crippen molar-refractivity contribution in [3.05, 3.63) is 78.1 Å². The maximum atomic E-state index is 5.74. The number of aryl methyl sites for hydroxylation is 2. The molecule has 0 N–H and O–H groups in total. The van der Waals surface area contributed by atoms with Crippen LogP contribution in [-0.2, 0) is 0 Å². The molecule has 0 radical (unpaired) electrons. The minimum atomic E-state index is 0.177. The Kier molecular flexibility index (Phi) is 4.44. The summed E-state index contributed by atoms with van der Waals surface area (Å²) in [6, 6.07) is 18.9. The molecule has 0 fully saturated rings. The van der Waals surface area contributed by atoms with Crippen LogP contribution in [0.1, 0.15) is 25.0 Å². The molecule has 0 aliphatic carbocycles. The van der Waals surface area contributed by atoms with E-state index in [2.05, 4.69) is 67.1 Å². The summed E-state index contributed by atoms with van der Waals surface area (Å²) in [6.45, 7) is 8.35. The number of fused-ring (bicyclic) bond motifs is 1. The Hall–Kier alpha value is -3.07. The monoisotopic (exact) mass is 356 g/mol. The number of pyridine rings is 1. The van der Waals surface area contributed by atoms with Crippen LogP contribution in [0.25, 0.3) is 27.8 Å². The molecule has 3 nitrogen and oxygen atoms in total. The van der Waals surface area contributed by atoms with Crippen LogP contribution in [0.5, 0.6) is 5.75 Å². The lowest BCUT2D eigenvalue weighted by Gasteiger charge is -2.12. The number of hydrogen-bond acceptors (Lipinski definition) is 2. The zero-order chi connectivity index (χ0) is 19.0. The van der Waals surface area contributed by atoms with Crippen LogP contribution in [-0.4, -0.2) is 15.7 Å². The summed E-state index contributed by atoms with van der Waals surface area (Å²) < 4.78 is 7.90. The van der Waals surface area contributed by atoms with Crippen molar-refractivity contribution < 1.29 is 4.74 Å². The van der Waals surface area contributed by atoms with Crippen LogP contribution in [0, 0.1) is 13.8 Å². The molecule has 2 aromatic heterocycles. The summed E-state index contributed by atoms with van der Waals surface area (Å²) in [7, 11) is 0. The molecule has 0 unspecified atom stereocenters. The Morgan fingerprint density at radius 3 is 2.30 bits per heavy atom. The summed E-state index contributed by atoms with van der Waals surface area (Å²) in [5.74, 6) is 0.889. The molecule has 0 aliphatic rings. The number of hydrogen-bond donors (Lipinski definition) is 0. The SMILES string of the molecule is Cc1cccc(C)c1-c1cc2ccn(-c3ccc(OC(C)C)cc3)c2cn1. The molecule has 0 atom stereocenters. The number of aromatic nitrogens is 2. The predicted octanol–water partition coefficient (Wildman–Crippen LogP) is 6.10. The van der Waals surface area contributed by atoms with Gasteiger partial charge in [-0.25, -0.2) is 0 Å². The van der Waals surface area contributed by atoms with E-state index in [1.807, 2.05) is 32.2 Å². The van der Waals surface area contributed by atoms with Gasteiger partial charge in [0.05, 0.1) is 23.5 Å². The zero-order valence-corrected chi connectivity index (χ0v) is 16.2. The summed E-state index contributed by atoms with van der Waals surface area (Å²) in [5.41, 5.74) is 6.95. The second-order valence-corrected chi connectivity index (χ2v) is 7.24. The van der Waals surface area contributed by atoms with Crippen molar-refractivity contribution in [3.8, 4) is 22.7 Å². The average molecular weight is 356 g/mol. The summed E-state index contributed by atoms with van der Waals surface area (Å²) in [4.78, 5) is 4.77. The fraction of sp³-hybridized carbons (Fsp3) is 0.208. The predicted molar refractivity (Wildman–Crippen MR) is 112 cm³/mol. The van der Waals surface area contributed by atoms with Crippen LogP contribution >= 0.6 is 0 Å². The molecule has 0 saturated carbocycles. The van der Waals surface area contributed by atoms with E-state index in [0.29, 0.717) is 0 Å². The molecule has 0 spiro atoms. The van der Waals surface area contributed by atoms with E-state index >= 15 is 0 Å². The van der Waals surface area contributed by atoms with Crippen molar-refractivity contribution in [3.63, 3.8) is 0 Å². The van der Waals surface area contributed by atoms with Crippen molar-refractivity contribution in [1.29, 1.82) is 0 Å². The first kappa shape index (κ1) is 17.3. The molecular formula is C24H24N2O. The normalized spacial score (nSPS) is 11.3. The highest BCUT2D eigenvalue weighted by Crippen LogP contribution is 2.29. The lowest BCUT2D eigenvalue weighted by atomic mass is 9.99. The van der Waals surface area contributed by atoms with Crippen LogP contribution in [0.2, 0.25) is 0 Å². The Morgan fingerprint density at radius 1 is 0.926 bits per heavy atom. The smallest absolute Gasteiger partial charge is 0.119 e. The molecule has 27 heavy (non-hydrogen) atoms. The van der Waals surface area contributed by atoms with Gasteiger partial charge in [0.25, 0.3) is 0 Å². The first-order valence-corrected chi connectivity index (χ1v) is 9.34. The Balaban J connectivity index is 1.73. The van der Waals surface area contributed by atoms with Crippen molar-refractivity contribution in [2.75, 3.05) is 0 Å². The maximum absolute atomic E-state index is 5.74. The van der Waals surface area contributed by atoms with Crippen molar-refractivity contribution >= 4 is 10.9 Å². The second kappa shape index (κ2) is 6.92. The van der Waals surface area contributed by atoms with Gasteiger partial charge in [-0.05, 0) is 75.2 Å². The van der Waals surface area contributed by atoms with Gasteiger partial charge in [-0.3, -0.25) is 4.98 Å². The van der Waals surface area contributed by atoms with Crippen LogP contribution in [0.3, 0.4) is 0 Å². The third kappa shape index (κ3) is 3.33. The third-order valence-corrected chi connectivity index (χ3v) is 4.80. The minimum Gasteiger partial charge on any atom is -0.491 e. The lowest BCUT2D eigenvalue weighted by Crippen LogP contribution is -2.05. The van der Waals surface area contributed by atoms with Crippen molar-refractivity contribution in [2.24, 2.45) is 0 Å². The van der Waals surface area contributed by atoms with Gasteiger partial charge in [-0.2, -0.15) is 0 Å². The molecule has 3 heteroatoms. The lowest BCUT2D eigenvalue weighted by molar-refractivity contribution is 0.242. The van der Waals surface area contributed by atoms with Gasteiger partial charge in [-0.1, -0.05) is 18.2 Å². The standard InChI is InChI=1S/C24H24N2O/c1-16(2)27-21-10-8-20(9-11-21)26-13-12-19-14-22(25-15-23(19)26)24-17(3)6-5-7-18(24)4/h5-16H,1-4H3. The van der Waals surface area contributed by atoms with E-state index in [4.69, 9.17) is 9.72 Å². The molecule has 0 saturated heterocycles. The molecule has 4 aromatic rings. The quantitative estimate of drug-likeness (QED) is 0.442. The summed E-state index contributed by atoms with van der Waals surface area (Å²) >= 11 is 0. The van der Waals surface area contributed by atoms with Crippen LogP contribution in [0.4, 0.5) is 0 Å².